The van der Waals surface area contributed by atoms with Crippen LogP contribution in [0.4, 0.5) is 11.4 Å². The molecule has 1 saturated heterocycles. The summed E-state index contributed by atoms with van der Waals surface area (Å²) in [6.45, 7) is 7.06. The summed E-state index contributed by atoms with van der Waals surface area (Å²) < 4.78 is 5.64. The minimum atomic E-state index is 0.125. The Hall–Kier alpha value is -2.27. The molecule has 0 aliphatic carbocycles. The molecule has 0 spiro atoms. The molecule has 0 unspecified atom stereocenters. The number of ether oxygens (including phenoxy) is 1. The highest BCUT2D eigenvalue weighted by atomic mass is 32.1. The van der Waals surface area contributed by atoms with Crippen LogP contribution >= 0.6 is 12.2 Å². The largest absolute Gasteiger partial charge is 0.492 e. The van der Waals surface area contributed by atoms with Crippen molar-refractivity contribution in [2.24, 2.45) is 0 Å². The Bertz CT molecular complexity index is 741. The molecule has 1 aliphatic heterocycles. The molecule has 0 aromatic heterocycles. The van der Waals surface area contributed by atoms with Crippen molar-refractivity contribution in [3.63, 3.8) is 0 Å². The van der Waals surface area contributed by atoms with E-state index >= 15 is 0 Å². The number of piperidine rings is 1. The van der Waals surface area contributed by atoms with E-state index in [1.54, 1.807) is 0 Å². The van der Waals surface area contributed by atoms with Crippen molar-refractivity contribution in [2.75, 3.05) is 29.9 Å². The summed E-state index contributed by atoms with van der Waals surface area (Å²) in [5.41, 5.74) is 3.42. The van der Waals surface area contributed by atoms with Gasteiger partial charge in [0.15, 0.2) is 5.11 Å². The van der Waals surface area contributed by atoms with Crippen molar-refractivity contribution in [3.05, 3.63) is 54.1 Å². The van der Waals surface area contributed by atoms with E-state index in [2.05, 4.69) is 46.7 Å². The lowest BCUT2D eigenvalue weighted by Crippen LogP contribution is -2.31. The van der Waals surface area contributed by atoms with Crippen molar-refractivity contribution in [3.8, 4) is 5.75 Å². The molecule has 2 aromatic carbocycles. The van der Waals surface area contributed by atoms with Crippen LogP contribution in [0.5, 0.6) is 5.75 Å². The summed E-state index contributed by atoms with van der Waals surface area (Å²) >= 11 is 5.50. The molecule has 3 rings (SSSR count). The van der Waals surface area contributed by atoms with Gasteiger partial charge in [0, 0.05) is 18.8 Å². The molecule has 0 bridgehead atoms. The zero-order valence-corrected chi connectivity index (χ0v) is 17.0. The van der Waals surface area contributed by atoms with Gasteiger partial charge in [-0.25, -0.2) is 0 Å². The third-order valence-corrected chi connectivity index (χ3v) is 5.12. The summed E-state index contributed by atoms with van der Waals surface area (Å²) in [4.78, 5) is 2.47. The van der Waals surface area contributed by atoms with Crippen molar-refractivity contribution < 1.29 is 4.74 Å². The number of nitrogens with one attached hydrogen (secondary N) is 2. The summed E-state index contributed by atoms with van der Waals surface area (Å²) in [5.74, 6) is 0.808. The van der Waals surface area contributed by atoms with Gasteiger partial charge in [-0.2, -0.15) is 0 Å². The van der Waals surface area contributed by atoms with E-state index < -0.39 is 0 Å². The number of benzene rings is 2. The number of nitrogens with zero attached hydrogens (tertiary/aromatic N) is 1. The molecule has 0 saturated carbocycles. The first-order valence-electron chi connectivity index (χ1n) is 9.81. The van der Waals surface area contributed by atoms with E-state index in [4.69, 9.17) is 17.0 Å². The Balaban J connectivity index is 1.58. The van der Waals surface area contributed by atoms with Crippen molar-refractivity contribution >= 4 is 28.7 Å². The summed E-state index contributed by atoms with van der Waals surface area (Å²) in [5, 5.41) is 7.20. The monoisotopic (exact) mass is 383 g/mol. The first-order valence-corrected chi connectivity index (χ1v) is 10.2. The van der Waals surface area contributed by atoms with Crippen LogP contribution in [0.1, 0.15) is 44.7 Å². The van der Waals surface area contributed by atoms with Crippen LogP contribution in [0.25, 0.3) is 0 Å². The summed E-state index contributed by atoms with van der Waals surface area (Å²) in [6, 6.07) is 16.8. The molecule has 2 N–H and O–H groups in total. The van der Waals surface area contributed by atoms with E-state index in [0.717, 1.165) is 11.4 Å². The quantitative estimate of drug-likeness (QED) is 0.677. The molecule has 1 atom stereocenters. The Morgan fingerprint density at radius 3 is 2.48 bits per heavy atom. The van der Waals surface area contributed by atoms with Crippen molar-refractivity contribution in [1.82, 2.24) is 5.32 Å². The standard InChI is InChI=1S/C22H29N3OS/c1-3-26-21-10-6-5-9-20(21)24-22(27)23-17(2)18-11-13-19(14-12-18)25-15-7-4-8-16-25/h5-6,9-14,17H,3-4,7-8,15-16H2,1-2H3,(H2,23,24,27)/t17-/m0/s1. The van der Waals surface area contributed by atoms with Gasteiger partial charge in [0.1, 0.15) is 5.75 Å². The highest BCUT2D eigenvalue weighted by Gasteiger charge is 2.13. The van der Waals surface area contributed by atoms with E-state index in [9.17, 15) is 0 Å². The molecule has 144 valence electrons. The number of hydrogen-bond acceptors (Lipinski definition) is 3. The number of hydrogen-bond donors (Lipinski definition) is 2. The van der Waals surface area contributed by atoms with E-state index in [0.29, 0.717) is 11.7 Å². The predicted octanol–water partition coefficient (Wildman–Crippen LogP) is 5.12. The molecule has 0 radical (unpaired) electrons. The zero-order chi connectivity index (χ0) is 19.1. The van der Waals surface area contributed by atoms with Gasteiger partial charge in [-0.3, -0.25) is 0 Å². The Kier molecular flexibility index (Phi) is 6.93. The molecular weight excluding hydrogens is 354 g/mol. The number of anilines is 2. The summed E-state index contributed by atoms with van der Waals surface area (Å²) in [6.07, 6.45) is 3.94. The van der Waals surface area contributed by atoms with Crippen LogP contribution < -0.4 is 20.3 Å². The fraction of sp³-hybridized carbons (Fsp3) is 0.409. The van der Waals surface area contributed by atoms with E-state index in [-0.39, 0.29) is 6.04 Å². The average Bonchev–Trinajstić information content (AvgIpc) is 2.70. The van der Waals surface area contributed by atoms with Gasteiger partial charge in [-0.1, -0.05) is 24.3 Å². The second-order valence-corrected chi connectivity index (χ2v) is 7.30. The number of rotatable bonds is 6. The SMILES string of the molecule is CCOc1ccccc1NC(=S)N[C@@H](C)c1ccc(N2CCCCC2)cc1. The topological polar surface area (TPSA) is 36.5 Å². The van der Waals surface area contributed by atoms with Crippen LogP contribution in [-0.4, -0.2) is 24.8 Å². The number of para-hydroxylation sites is 2. The molecule has 1 fully saturated rings. The van der Waals surface area contributed by atoms with E-state index in [1.807, 2.05) is 31.2 Å². The fourth-order valence-electron chi connectivity index (χ4n) is 3.42. The lowest BCUT2D eigenvalue weighted by atomic mass is 10.1. The molecule has 4 nitrogen and oxygen atoms in total. The van der Waals surface area contributed by atoms with Gasteiger partial charge in [0.05, 0.1) is 18.3 Å². The lowest BCUT2D eigenvalue weighted by Gasteiger charge is -2.29. The predicted molar refractivity (Wildman–Crippen MR) is 118 cm³/mol. The Morgan fingerprint density at radius 2 is 1.78 bits per heavy atom. The van der Waals surface area contributed by atoms with E-state index in [1.165, 1.54) is 43.6 Å². The molecule has 27 heavy (non-hydrogen) atoms. The van der Waals surface area contributed by atoms with Gasteiger partial charge in [0.25, 0.3) is 0 Å². The normalized spacial score (nSPS) is 15.1. The maximum atomic E-state index is 5.64. The van der Waals surface area contributed by atoms with Crippen LogP contribution in [-0.2, 0) is 0 Å². The van der Waals surface area contributed by atoms with Crippen molar-refractivity contribution in [2.45, 2.75) is 39.2 Å². The number of thiocarbonyl (C=S) groups is 1. The maximum Gasteiger partial charge on any atom is 0.171 e. The lowest BCUT2D eigenvalue weighted by molar-refractivity contribution is 0.342. The maximum absolute atomic E-state index is 5.64. The Morgan fingerprint density at radius 1 is 1.07 bits per heavy atom. The smallest absolute Gasteiger partial charge is 0.171 e. The van der Waals surface area contributed by atoms with Gasteiger partial charge in [0.2, 0.25) is 0 Å². The summed E-state index contributed by atoms with van der Waals surface area (Å²) in [7, 11) is 0. The highest BCUT2D eigenvalue weighted by molar-refractivity contribution is 7.80. The third-order valence-electron chi connectivity index (χ3n) is 4.90. The molecule has 2 aromatic rings. The average molecular weight is 384 g/mol. The van der Waals surface area contributed by atoms with Gasteiger partial charge >= 0.3 is 0 Å². The Labute approximate surface area is 167 Å². The van der Waals surface area contributed by atoms with Crippen LogP contribution in [0.3, 0.4) is 0 Å². The highest BCUT2D eigenvalue weighted by Crippen LogP contribution is 2.25. The first kappa shape index (κ1) is 19.5. The van der Waals surface area contributed by atoms with Gasteiger partial charge < -0.3 is 20.3 Å². The molecule has 0 amide bonds. The van der Waals surface area contributed by atoms with Gasteiger partial charge in [-0.05, 0) is 75.2 Å². The van der Waals surface area contributed by atoms with Crippen LogP contribution in [0, 0.1) is 0 Å². The third kappa shape index (κ3) is 5.36. The molecular formula is C22H29N3OS. The fourth-order valence-corrected chi connectivity index (χ4v) is 3.70. The second kappa shape index (κ2) is 9.60. The first-order chi connectivity index (χ1) is 13.2. The van der Waals surface area contributed by atoms with Crippen molar-refractivity contribution in [1.29, 1.82) is 0 Å². The van der Waals surface area contributed by atoms with Crippen LogP contribution in [0.2, 0.25) is 0 Å². The minimum Gasteiger partial charge on any atom is -0.492 e. The second-order valence-electron chi connectivity index (χ2n) is 6.89. The van der Waals surface area contributed by atoms with Crippen LogP contribution in [0.15, 0.2) is 48.5 Å². The molecule has 1 heterocycles. The minimum absolute atomic E-state index is 0.125. The van der Waals surface area contributed by atoms with Gasteiger partial charge in [-0.15, -0.1) is 0 Å². The molecule has 1 aliphatic rings. The molecule has 5 heteroatoms. The zero-order valence-electron chi connectivity index (χ0n) is 16.2.